The van der Waals surface area contributed by atoms with Crippen molar-refractivity contribution in [3.05, 3.63) is 40.4 Å². The first-order valence-corrected chi connectivity index (χ1v) is 7.45. The third kappa shape index (κ3) is 2.73. The van der Waals surface area contributed by atoms with Crippen LogP contribution in [0.1, 0.15) is 16.1 Å². The van der Waals surface area contributed by atoms with Crippen molar-refractivity contribution < 1.29 is 14.6 Å². The maximum absolute atomic E-state index is 10.8. The van der Waals surface area contributed by atoms with Crippen LogP contribution in [0.15, 0.2) is 24.3 Å². The van der Waals surface area contributed by atoms with Crippen molar-refractivity contribution in [3.63, 3.8) is 0 Å². The third-order valence-corrected chi connectivity index (χ3v) is 4.31. The minimum Gasteiger partial charge on any atom is -0.481 e. The zero-order valence-electron chi connectivity index (χ0n) is 12.1. The van der Waals surface area contributed by atoms with E-state index in [1.54, 1.807) is 28.2 Å². The van der Waals surface area contributed by atoms with Crippen LogP contribution in [0, 0.1) is 13.8 Å². The van der Waals surface area contributed by atoms with Crippen LogP contribution in [0.25, 0.3) is 16.5 Å². The summed E-state index contributed by atoms with van der Waals surface area (Å²) in [5, 5.41) is 20.4. The number of benzene rings is 1. The van der Waals surface area contributed by atoms with Gasteiger partial charge < -0.3 is 5.11 Å². The van der Waals surface area contributed by atoms with E-state index < -0.39 is 5.97 Å². The fourth-order valence-corrected chi connectivity index (χ4v) is 2.94. The Kier molecular flexibility index (Phi) is 3.68. The Hall–Kier alpha value is -2.61. The Morgan fingerprint density at radius 3 is 2.91 bits per heavy atom. The maximum atomic E-state index is 10.8. The molecule has 0 bridgehead atoms. The molecule has 1 aromatic carbocycles. The van der Waals surface area contributed by atoms with Crippen molar-refractivity contribution in [2.45, 2.75) is 20.3 Å². The summed E-state index contributed by atoms with van der Waals surface area (Å²) in [5.74, 6) is -0.266. The van der Waals surface area contributed by atoms with Gasteiger partial charge in [-0.15, -0.1) is 9.67 Å². The number of aliphatic carboxylic acids is 1. The summed E-state index contributed by atoms with van der Waals surface area (Å²) >= 11 is 1.54. The zero-order chi connectivity index (χ0) is 15.7. The molecule has 2 heterocycles. The van der Waals surface area contributed by atoms with E-state index in [2.05, 4.69) is 20.5 Å². The van der Waals surface area contributed by atoms with Gasteiger partial charge in [-0.1, -0.05) is 28.7 Å². The molecule has 0 saturated carbocycles. The van der Waals surface area contributed by atoms with E-state index in [4.69, 9.17) is 5.11 Å². The van der Waals surface area contributed by atoms with Gasteiger partial charge in [0.05, 0.1) is 11.5 Å². The molecule has 2 N–H and O–H groups in total. The Labute approximate surface area is 130 Å². The van der Waals surface area contributed by atoms with Crippen molar-refractivity contribution in [1.29, 1.82) is 0 Å². The SMILES string of the molecule is Cc1nc(-[n+]2[nH]nnc2-c2cccc(CC(=O)O)c2)sc1C. The summed E-state index contributed by atoms with van der Waals surface area (Å²) in [5.41, 5.74) is 2.47. The molecular weight excluding hydrogens is 302 g/mol. The van der Waals surface area contributed by atoms with E-state index in [0.717, 1.165) is 21.3 Å². The number of hydrogen-bond donors (Lipinski definition) is 2. The molecular formula is C14H14N5O2S+. The number of carboxylic acids is 1. The number of aryl methyl sites for hydroxylation is 2. The molecule has 112 valence electrons. The summed E-state index contributed by atoms with van der Waals surface area (Å²) in [6, 6.07) is 7.26. The fraction of sp³-hybridized carbons (Fsp3) is 0.214. The molecule has 7 nitrogen and oxygen atoms in total. The topological polar surface area (TPSA) is 95.6 Å². The molecule has 0 amide bonds. The van der Waals surface area contributed by atoms with Crippen LogP contribution in [0.5, 0.6) is 0 Å². The molecule has 0 aliphatic rings. The summed E-state index contributed by atoms with van der Waals surface area (Å²) in [7, 11) is 0. The normalized spacial score (nSPS) is 10.8. The van der Waals surface area contributed by atoms with E-state index in [0.29, 0.717) is 11.4 Å². The fourth-order valence-electron chi connectivity index (χ4n) is 2.07. The van der Waals surface area contributed by atoms with Gasteiger partial charge in [0.25, 0.3) is 0 Å². The molecule has 22 heavy (non-hydrogen) atoms. The molecule has 0 unspecified atom stereocenters. The molecule has 0 aliphatic carbocycles. The Bertz CT molecular complexity index is 820. The first kappa shape index (κ1) is 14.3. The number of aromatic amines is 1. The highest BCUT2D eigenvalue weighted by Crippen LogP contribution is 2.20. The van der Waals surface area contributed by atoms with Crippen LogP contribution in [-0.2, 0) is 11.2 Å². The van der Waals surface area contributed by atoms with Crippen LogP contribution < -0.4 is 4.68 Å². The predicted molar refractivity (Wildman–Crippen MR) is 79.8 cm³/mol. The lowest BCUT2D eigenvalue weighted by Crippen LogP contribution is -2.35. The second-order valence-electron chi connectivity index (χ2n) is 4.87. The van der Waals surface area contributed by atoms with Gasteiger partial charge >= 0.3 is 16.9 Å². The quantitative estimate of drug-likeness (QED) is 0.710. The summed E-state index contributed by atoms with van der Waals surface area (Å²) in [6.07, 6.45) is -0.0266. The van der Waals surface area contributed by atoms with Gasteiger partial charge in [-0.2, -0.15) is 0 Å². The van der Waals surface area contributed by atoms with Crippen LogP contribution in [0.2, 0.25) is 0 Å². The molecule has 8 heteroatoms. The van der Waals surface area contributed by atoms with Gasteiger partial charge in [0, 0.05) is 10.4 Å². The highest BCUT2D eigenvalue weighted by atomic mass is 32.1. The number of rotatable bonds is 4. The lowest BCUT2D eigenvalue weighted by Gasteiger charge is -2.00. The third-order valence-electron chi connectivity index (χ3n) is 3.25. The minimum atomic E-state index is -0.864. The number of hydrogen-bond acceptors (Lipinski definition) is 5. The van der Waals surface area contributed by atoms with Gasteiger partial charge in [0.2, 0.25) is 0 Å². The lowest BCUT2D eigenvalue weighted by atomic mass is 10.1. The van der Waals surface area contributed by atoms with E-state index >= 15 is 0 Å². The van der Waals surface area contributed by atoms with Crippen molar-refractivity contribution in [1.82, 2.24) is 20.5 Å². The highest BCUT2D eigenvalue weighted by Gasteiger charge is 2.21. The van der Waals surface area contributed by atoms with E-state index in [-0.39, 0.29) is 6.42 Å². The van der Waals surface area contributed by atoms with Gasteiger partial charge in [-0.05, 0) is 31.5 Å². The Morgan fingerprint density at radius 2 is 2.23 bits per heavy atom. The van der Waals surface area contributed by atoms with Gasteiger partial charge in [-0.25, -0.2) is 0 Å². The molecule has 0 fully saturated rings. The number of carbonyl (C=O) groups is 1. The molecule has 0 aliphatic heterocycles. The van der Waals surface area contributed by atoms with Gasteiger partial charge in [-0.3, -0.25) is 4.79 Å². The molecule has 0 saturated heterocycles. The lowest BCUT2D eigenvalue weighted by molar-refractivity contribution is -0.649. The van der Waals surface area contributed by atoms with Crippen LogP contribution in [0.4, 0.5) is 0 Å². The number of nitrogens with zero attached hydrogens (tertiary/aromatic N) is 4. The molecule has 3 aromatic rings. The molecule has 0 atom stereocenters. The Morgan fingerprint density at radius 1 is 1.41 bits per heavy atom. The van der Waals surface area contributed by atoms with E-state index in [9.17, 15) is 4.79 Å². The number of thiazole rings is 1. The maximum Gasteiger partial charge on any atom is 0.313 e. The second kappa shape index (κ2) is 5.64. The molecule has 0 spiro atoms. The van der Waals surface area contributed by atoms with Crippen LogP contribution in [-0.4, -0.2) is 31.6 Å². The number of nitrogens with one attached hydrogen (secondary N) is 1. The highest BCUT2D eigenvalue weighted by molar-refractivity contribution is 7.13. The average molecular weight is 316 g/mol. The van der Waals surface area contributed by atoms with Crippen molar-refractivity contribution in [3.8, 4) is 16.5 Å². The standard InChI is InChI=1S/C14H13N5O2S/c1-8-9(2)22-14(15-8)19-13(16-17-18-19)11-5-3-4-10(6-11)7-12(20)21/h3-6H,7H2,1-2H3,(H,20,21)/p+1. The van der Waals surface area contributed by atoms with E-state index in [1.807, 2.05) is 26.0 Å². The number of tetrazole rings is 1. The first-order valence-electron chi connectivity index (χ1n) is 6.63. The summed E-state index contributed by atoms with van der Waals surface area (Å²) < 4.78 is 1.70. The van der Waals surface area contributed by atoms with E-state index in [1.165, 1.54) is 0 Å². The largest absolute Gasteiger partial charge is 0.481 e. The zero-order valence-corrected chi connectivity index (χ0v) is 12.9. The first-order chi connectivity index (χ1) is 10.5. The van der Waals surface area contributed by atoms with Crippen LogP contribution >= 0.6 is 11.3 Å². The predicted octanol–water partition coefficient (Wildman–Crippen LogP) is 1.45. The summed E-state index contributed by atoms with van der Waals surface area (Å²) in [4.78, 5) is 16.5. The Balaban J connectivity index is 2.03. The monoisotopic (exact) mass is 316 g/mol. The minimum absolute atomic E-state index is 0.0266. The average Bonchev–Trinajstić information content (AvgIpc) is 3.06. The van der Waals surface area contributed by atoms with Crippen LogP contribution in [0.3, 0.4) is 0 Å². The van der Waals surface area contributed by atoms with Crippen molar-refractivity contribution in [2.75, 3.05) is 0 Å². The molecule has 2 aromatic heterocycles. The molecule has 3 rings (SSSR count). The smallest absolute Gasteiger partial charge is 0.313 e. The molecule has 0 radical (unpaired) electrons. The van der Waals surface area contributed by atoms with Crippen molar-refractivity contribution >= 4 is 17.3 Å². The van der Waals surface area contributed by atoms with Gasteiger partial charge in [0.1, 0.15) is 10.9 Å². The number of carboxylic acid groups (broad SMARTS) is 1. The van der Waals surface area contributed by atoms with Gasteiger partial charge in [0.15, 0.2) is 0 Å². The van der Waals surface area contributed by atoms with Crippen molar-refractivity contribution in [2.24, 2.45) is 0 Å². The number of H-pyrrole nitrogens is 1. The number of aromatic nitrogens is 5. The summed E-state index contributed by atoms with van der Waals surface area (Å²) in [6.45, 7) is 3.96. The second-order valence-corrected chi connectivity index (χ2v) is 6.05.